The number of benzene rings is 3. The fourth-order valence-corrected chi connectivity index (χ4v) is 9.05. The average Bonchev–Trinajstić information content (AvgIpc) is 3.01. The van der Waals surface area contributed by atoms with E-state index in [0.717, 1.165) is 11.1 Å². The molecule has 260 valence electrons. The molecule has 0 saturated carbocycles. The van der Waals surface area contributed by atoms with Gasteiger partial charge < -0.3 is 9.64 Å². The molecule has 1 heterocycles. The summed E-state index contributed by atoms with van der Waals surface area (Å²) < 4.78 is 56.1. The molecule has 2 N–H and O–H groups in total. The molecule has 1 saturated heterocycles. The molecule has 3 aromatic rings. The second kappa shape index (κ2) is 14.8. The zero-order valence-electron chi connectivity index (χ0n) is 27.9. The van der Waals surface area contributed by atoms with Crippen molar-refractivity contribution >= 4 is 54.8 Å². The maximum atomic E-state index is 15.0. The molecule has 13 heteroatoms. The monoisotopic (exact) mass is 735 g/mol. The Kier molecular flexibility index (Phi) is 11.6. The Balaban J connectivity index is 1.85. The quantitative estimate of drug-likeness (QED) is 0.199. The van der Waals surface area contributed by atoms with Crippen LogP contribution in [0.2, 0.25) is 10.0 Å². The molecular formula is C35H43Cl2N3O6S2. The first-order valence-corrected chi connectivity index (χ1v) is 19.7. The molecule has 1 fully saturated rings. The van der Waals surface area contributed by atoms with Crippen molar-refractivity contribution in [2.75, 3.05) is 12.9 Å². The SMILES string of the molecule is COc1ccc(S(=O)(=O)NC(=O)C[C@@]2(C)C[C@H](c3cccc(Cl)c3)[C@@H](c3ccc(Cl)cc3)N(C(CS(=N)(=O)C(C)C)C(C)C)C2=O)cc1. The van der Waals surface area contributed by atoms with Crippen molar-refractivity contribution < 1.29 is 27.0 Å². The number of carbonyl (C=O) groups excluding carboxylic acids is 2. The summed E-state index contributed by atoms with van der Waals surface area (Å²) in [6.45, 7) is 8.96. The van der Waals surface area contributed by atoms with Crippen molar-refractivity contribution in [3.05, 3.63) is 94.0 Å². The Morgan fingerprint density at radius 3 is 2.15 bits per heavy atom. The summed E-state index contributed by atoms with van der Waals surface area (Å²) in [7, 11) is -5.94. The van der Waals surface area contributed by atoms with Gasteiger partial charge in [-0.25, -0.2) is 17.3 Å². The normalized spacial score (nSPS) is 22.0. The van der Waals surface area contributed by atoms with Crippen molar-refractivity contribution in [3.63, 3.8) is 0 Å². The minimum absolute atomic E-state index is 0.0748. The number of halogens is 2. The number of hydrogen-bond acceptors (Lipinski definition) is 7. The second-order valence-electron chi connectivity index (χ2n) is 13.3. The van der Waals surface area contributed by atoms with Crippen LogP contribution in [0.5, 0.6) is 5.75 Å². The zero-order valence-corrected chi connectivity index (χ0v) is 31.1. The van der Waals surface area contributed by atoms with Gasteiger partial charge in [0, 0.05) is 43.4 Å². The van der Waals surface area contributed by atoms with Crippen LogP contribution >= 0.6 is 23.2 Å². The molecule has 0 spiro atoms. The van der Waals surface area contributed by atoms with Crippen LogP contribution in [-0.2, 0) is 29.3 Å². The highest BCUT2D eigenvalue weighted by Crippen LogP contribution is 2.52. The van der Waals surface area contributed by atoms with E-state index in [9.17, 15) is 22.2 Å². The molecule has 4 rings (SSSR count). The van der Waals surface area contributed by atoms with Gasteiger partial charge in [0.1, 0.15) is 5.75 Å². The third-order valence-corrected chi connectivity index (χ3v) is 13.3. The van der Waals surface area contributed by atoms with E-state index in [1.54, 1.807) is 43.9 Å². The first-order chi connectivity index (χ1) is 22.4. The number of sulfonamides is 1. The Hall–Kier alpha value is -3.12. The highest BCUT2D eigenvalue weighted by atomic mass is 35.5. The van der Waals surface area contributed by atoms with E-state index in [4.69, 9.17) is 32.7 Å². The van der Waals surface area contributed by atoms with E-state index < -0.39 is 66.7 Å². The predicted octanol–water partition coefficient (Wildman–Crippen LogP) is 7.44. The average molecular weight is 737 g/mol. The molecule has 3 aromatic carbocycles. The first-order valence-electron chi connectivity index (χ1n) is 15.7. The number of rotatable bonds is 12. The fourth-order valence-electron chi connectivity index (χ4n) is 6.31. The van der Waals surface area contributed by atoms with Crippen molar-refractivity contribution in [3.8, 4) is 5.75 Å². The molecule has 0 aliphatic carbocycles. The van der Waals surface area contributed by atoms with Gasteiger partial charge in [0.05, 0.1) is 29.2 Å². The summed E-state index contributed by atoms with van der Waals surface area (Å²) in [5.74, 6) is -1.49. The molecule has 48 heavy (non-hydrogen) atoms. The van der Waals surface area contributed by atoms with Gasteiger partial charge >= 0.3 is 0 Å². The summed E-state index contributed by atoms with van der Waals surface area (Å²) in [5.41, 5.74) is 0.205. The van der Waals surface area contributed by atoms with Gasteiger partial charge in [-0.05, 0) is 72.0 Å². The number of nitrogens with one attached hydrogen (secondary N) is 2. The van der Waals surface area contributed by atoms with Crippen LogP contribution in [0, 0.1) is 16.1 Å². The Morgan fingerprint density at radius 1 is 0.979 bits per heavy atom. The minimum atomic E-state index is -4.26. The van der Waals surface area contributed by atoms with Gasteiger partial charge in [-0.1, -0.05) is 82.1 Å². The smallest absolute Gasteiger partial charge is 0.264 e. The minimum Gasteiger partial charge on any atom is -0.497 e. The number of hydrogen-bond donors (Lipinski definition) is 2. The Morgan fingerprint density at radius 2 is 1.60 bits per heavy atom. The van der Waals surface area contributed by atoms with E-state index in [1.165, 1.54) is 31.4 Å². The lowest BCUT2D eigenvalue weighted by molar-refractivity contribution is -0.157. The molecule has 0 aromatic heterocycles. The Labute approximate surface area is 294 Å². The number of likely N-dealkylation sites (tertiary alicyclic amines) is 1. The molecule has 0 bridgehead atoms. The van der Waals surface area contributed by atoms with Gasteiger partial charge in [0.25, 0.3) is 10.0 Å². The van der Waals surface area contributed by atoms with Crippen LogP contribution in [0.15, 0.2) is 77.7 Å². The molecule has 5 atom stereocenters. The Bertz CT molecular complexity index is 1850. The molecule has 1 aliphatic rings. The van der Waals surface area contributed by atoms with Crippen molar-refractivity contribution in [1.82, 2.24) is 9.62 Å². The summed E-state index contributed by atoms with van der Waals surface area (Å²) in [6, 6.07) is 18.8. The number of carbonyl (C=O) groups is 2. The number of piperidine rings is 1. The molecule has 2 amide bonds. The zero-order chi connectivity index (χ0) is 35.6. The van der Waals surface area contributed by atoms with Crippen LogP contribution in [-0.4, -0.2) is 53.5 Å². The third kappa shape index (κ3) is 8.35. The van der Waals surface area contributed by atoms with E-state index in [1.807, 2.05) is 44.2 Å². The lowest BCUT2D eigenvalue weighted by Crippen LogP contribution is -2.59. The predicted molar refractivity (Wildman–Crippen MR) is 190 cm³/mol. The second-order valence-corrected chi connectivity index (χ2v) is 18.6. The van der Waals surface area contributed by atoms with Gasteiger partial charge in [-0.2, -0.15) is 0 Å². The maximum Gasteiger partial charge on any atom is 0.264 e. The largest absolute Gasteiger partial charge is 0.497 e. The first kappa shape index (κ1) is 37.7. The van der Waals surface area contributed by atoms with Gasteiger partial charge in [0.2, 0.25) is 11.8 Å². The molecule has 1 aliphatic heterocycles. The van der Waals surface area contributed by atoms with E-state index in [0.29, 0.717) is 15.8 Å². The van der Waals surface area contributed by atoms with Gasteiger partial charge in [0.15, 0.2) is 0 Å². The lowest BCUT2D eigenvalue weighted by atomic mass is 9.66. The summed E-state index contributed by atoms with van der Waals surface area (Å²) >= 11 is 12.8. The fraction of sp³-hybridized carbons (Fsp3) is 0.429. The standard InChI is InChI=1S/C35H43Cl2N3O6S2/c1-22(2)31(21-47(38,43)23(3)4)40-33(24-10-12-26(36)13-11-24)30(25-8-7-9-27(37)18-25)19-35(5,34(40)42)20-32(41)39-48(44,45)29-16-14-28(46-6)15-17-29/h7-18,22-23,30-31,33,38H,19-21H2,1-6H3,(H,39,41)/t30-,31?,33-,35-,47?/m1/s1. The van der Waals surface area contributed by atoms with E-state index >= 15 is 0 Å². The van der Waals surface area contributed by atoms with Gasteiger partial charge in [-0.3, -0.25) is 14.4 Å². The van der Waals surface area contributed by atoms with Crippen molar-refractivity contribution in [2.45, 2.75) is 75.6 Å². The van der Waals surface area contributed by atoms with Gasteiger partial charge in [-0.15, -0.1) is 0 Å². The van der Waals surface area contributed by atoms with Crippen molar-refractivity contribution in [2.24, 2.45) is 11.3 Å². The van der Waals surface area contributed by atoms with E-state index in [-0.39, 0.29) is 23.0 Å². The van der Waals surface area contributed by atoms with Crippen LogP contribution in [0.1, 0.15) is 70.5 Å². The molecule has 9 nitrogen and oxygen atoms in total. The summed E-state index contributed by atoms with van der Waals surface area (Å²) in [6.07, 6.45) is -0.259. The molecule has 0 radical (unpaired) electrons. The summed E-state index contributed by atoms with van der Waals surface area (Å²) in [5, 5.41) is 0.544. The maximum absolute atomic E-state index is 15.0. The third-order valence-electron chi connectivity index (χ3n) is 9.07. The van der Waals surface area contributed by atoms with Crippen LogP contribution in [0.3, 0.4) is 0 Å². The number of methoxy groups -OCH3 is 1. The molecular weight excluding hydrogens is 693 g/mol. The number of ether oxygens (including phenoxy) is 1. The highest BCUT2D eigenvalue weighted by molar-refractivity contribution is 7.93. The summed E-state index contributed by atoms with van der Waals surface area (Å²) in [4.78, 5) is 30.1. The van der Waals surface area contributed by atoms with Crippen molar-refractivity contribution in [1.29, 1.82) is 4.78 Å². The number of amides is 2. The molecule has 2 unspecified atom stereocenters. The highest BCUT2D eigenvalue weighted by Gasteiger charge is 2.53. The van der Waals surface area contributed by atoms with E-state index in [2.05, 4.69) is 4.72 Å². The van der Waals surface area contributed by atoms with Crippen LogP contribution < -0.4 is 9.46 Å². The topological polar surface area (TPSA) is 134 Å². The van der Waals surface area contributed by atoms with Crippen LogP contribution in [0.4, 0.5) is 0 Å². The van der Waals surface area contributed by atoms with Crippen LogP contribution in [0.25, 0.3) is 0 Å². The number of nitrogens with zero attached hydrogens (tertiary/aromatic N) is 1. The lowest BCUT2D eigenvalue weighted by Gasteiger charge is -2.53.